The first-order valence-electron chi connectivity index (χ1n) is 15.7. The second-order valence-electron chi connectivity index (χ2n) is 12.3. The minimum absolute atomic E-state index is 0.128. The van der Waals surface area contributed by atoms with Crippen molar-refractivity contribution in [1.29, 1.82) is 0 Å². The van der Waals surface area contributed by atoms with E-state index in [2.05, 4.69) is 4.85 Å². The number of nitrogens with zero attached hydrogens (tertiary/aromatic N) is 3. The average molecular weight is 674 g/mol. The van der Waals surface area contributed by atoms with Gasteiger partial charge in [-0.2, -0.15) is 26.3 Å². The zero-order valence-electron chi connectivity index (χ0n) is 26.6. The highest BCUT2D eigenvalue weighted by atomic mass is 19.4. The lowest BCUT2D eigenvalue weighted by molar-refractivity contribution is -0.138. The van der Waals surface area contributed by atoms with E-state index in [9.17, 15) is 0 Å². The Kier molecular flexibility index (Phi) is 6.88. The van der Waals surface area contributed by atoms with E-state index in [0.29, 0.717) is 33.2 Å². The second kappa shape index (κ2) is 11.0. The summed E-state index contributed by atoms with van der Waals surface area (Å²) in [6.45, 7) is 11.7. The van der Waals surface area contributed by atoms with Gasteiger partial charge < -0.3 is 9.13 Å². The molecule has 2 heterocycles. The Labute approximate surface area is 282 Å². The molecule has 0 saturated heterocycles. The van der Waals surface area contributed by atoms with Crippen molar-refractivity contribution in [3.63, 3.8) is 0 Å². The molecule has 0 aliphatic carbocycles. The van der Waals surface area contributed by atoms with Gasteiger partial charge in [0.2, 0.25) is 0 Å². The number of aryl methyl sites for hydroxylation is 2. The maximum absolute atomic E-state index is 15.1. The van der Waals surface area contributed by atoms with Crippen LogP contribution < -0.4 is 0 Å². The van der Waals surface area contributed by atoms with E-state index < -0.39 is 29.0 Å². The standard InChI is InChI=1S/C41H25F6N3/c1-23-11-8-15-28-26-13-4-6-19-32(26)49(38(23)28)34-21-25(40(42,43)44)22-35(37(34)36-30(41(45,46)47)17-10-18-31(36)48-3)50-33-20-7-5-14-27(33)29-16-9-12-24(2)39(29)50/h4-22H,1-2H3. The van der Waals surface area contributed by atoms with Crippen LogP contribution in [-0.4, -0.2) is 9.13 Å². The summed E-state index contributed by atoms with van der Waals surface area (Å²) in [4.78, 5) is 3.53. The summed E-state index contributed by atoms with van der Waals surface area (Å²) in [5, 5.41) is 2.90. The van der Waals surface area contributed by atoms with E-state index in [-0.39, 0.29) is 22.6 Å². The van der Waals surface area contributed by atoms with Crippen molar-refractivity contribution in [2.24, 2.45) is 0 Å². The maximum atomic E-state index is 15.1. The molecular formula is C41H25F6N3. The van der Waals surface area contributed by atoms with Crippen molar-refractivity contribution in [3.05, 3.63) is 149 Å². The molecule has 0 bridgehead atoms. The number of para-hydroxylation sites is 4. The van der Waals surface area contributed by atoms with Gasteiger partial charge in [0.1, 0.15) is 0 Å². The normalized spacial score (nSPS) is 12.4. The molecule has 0 radical (unpaired) electrons. The van der Waals surface area contributed by atoms with Crippen molar-refractivity contribution in [2.75, 3.05) is 0 Å². The smallest absolute Gasteiger partial charge is 0.308 e. The third-order valence-electron chi connectivity index (χ3n) is 9.42. The first kappa shape index (κ1) is 31.3. The molecule has 0 amide bonds. The largest absolute Gasteiger partial charge is 0.416 e. The molecule has 0 unspecified atom stereocenters. The SMILES string of the molecule is [C-]#[N+]c1cccc(C(F)(F)F)c1-c1c(-n2c3ccccc3c3cccc(C)c32)cc(C(F)(F)F)cc1-n1c2ccccc2c2cccc(C)c21. The molecule has 246 valence electrons. The highest BCUT2D eigenvalue weighted by Gasteiger charge is 2.39. The van der Waals surface area contributed by atoms with Gasteiger partial charge in [-0.15, -0.1) is 0 Å². The summed E-state index contributed by atoms with van der Waals surface area (Å²) in [5.41, 5.74) is 0.150. The summed E-state index contributed by atoms with van der Waals surface area (Å²) in [6, 6.07) is 30.4. The third kappa shape index (κ3) is 4.59. The fourth-order valence-corrected chi connectivity index (χ4v) is 7.40. The zero-order chi connectivity index (χ0) is 35.1. The molecule has 6 aromatic carbocycles. The van der Waals surface area contributed by atoms with Gasteiger partial charge in [0.05, 0.1) is 51.1 Å². The van der Waals surface area contributed by atoms with E-state index in [4.69, 9.17) is 6.57 Å². The van der Waals surface area contributed by atoms with Gasteiger partial charge in [-0.1, -0.05) is 91.0 Å². The van der Waals surface area contributed by atoms with Crippen LogP contribution in [0.1, 0.15) is 22.3 Å². The van der Waals surface area contributed by atoms with Gasteiger partial charge in [-0.05, 0) is 49.2 Å². The summed E-state index contributed by atoms with van der Waals surface area (Å²) >= 11 is 0. The van der Waals surface area contributed by atoms with Crippen LogP contribution in [0.5, 0.6) is 0 Å². The summed E-state index contributed by atoms with van der Waals surface area (Å²) in [5.74, 6) is 0. The summed E-state index contributed by atoms with van der Waals surface area (Å²) in [7, 11) is 0. The Hall–Kier alpha value is -6.01. The molecule has 0 aliphatic rings. The van der Waals surface area contributed by atoms with Crippen LogP contribution in [0, 0.1) is 20.4 Å². The molecule has 0 N–H and O–H groups in total. The van der Waals surface area contributed by atoms with Crippen LogP contribution in [0.15, 0.2) is 115 Å². The van der Waals surface area contributed by atoms with Crippen LogP contribution >= 0.6 is 0 Å². The average Bonchev–Trinajstić information content (AvgIpc) is 3.61. The number of aromatic nitrogens is 2. The molecule has 0 aliphatic heterocycles. The quantitative estimate of drug-likeness (QED) is 0.131. The summed E-state index contributed by atoms with van der Waals surface area (Å²) < 4.78 is 94.0. The van der Waals surface area contributed by atoms with Crippen LogP contribution in [0.4, 0.5) is 32.0 Å². The Bertz CT molecular complexity index is 2580. The number of benzene rings is 6. The van der Waals surface area contributed by atoms with E-state index in [1.165, 1.54) is 6.07 Å². The molecule has 8 aromatic rings. The lowest BCUT2D eigenvalue weighted by Crippen LogP contribution is -2.14. The second-order valence-corrected chi connectivity index (χ2v) is 12.3. The predicted octanol–water partition coefficient (Wildman–Crippen LogP) is 12.8. The van der Waals surface area contributed by atoms with Gasteiger partial charge in [-0.3, -0.25) is 0 Å². The third-order valence-corrected chi connectivity index (χ3v) is 9.42. The number of fused-ring (bicyclic) bond motifs is 6. The number of hydrogen-bond donors (Lipinski definition) is 0. The zero-order valence-corrected chi connectivity index (χ0v) is 26.6. The minimum atomic E-state index is -4.94. The molecule has 0 fully saturated rings. The van der Waals surface area contributed by atoms with Gasteiger partial charge in [0.15, 0.2) is 5.69 Å². The van der Waals surface area contributed by atoms with E-state index in [1.54, 1.807) is 33.4 Å². The van der Waals surface area contributed by atoms with Gasteiger partial charge >= 0.3 is 12.4 Å². The fourth-order valence-electron chi connectivity index (χ4n) is 7.40. The van der Waals surface area contributed by atoms with Crippen molar-refractivity contribution in [3.8, 4) is 22.5 Å². The molecule has 8 rings (SSSR count). The maximum Gasteiger partial charge on any atom is 0.416 e. The van der Waals surface area contributed by atoms with Crippen molar-refractivity contribution >= 4 is 49.3 Å². The van der Waals surface area contributed by atoms with Gasteiger partial charge in [-0.25, -0.2) is 4.85 Å². The first-order chi connectivity index (χ1) is 23.9. The van der Waals surface area contributed by atoms with Crippen LogP contribution in [-0.2, 0) is 12.4 Å². The number of alkyl halides is 6. The number of rotatable bonds is 3. The first-order valence-corrected chi connectivity index (χ1v) is 15.7. The van der Waals surface area contributed by atoms with Gasteiger partial charge in [0, 0.05) is 32.7 Å². The van der Waals surface area contributed by atoms with E-state index in [0.717, 1.165) is 45.8 Å². The monoisotopic (exact) mass is 673 g/mol. The van der Waals surface area contributed by atoms with Crippen molar-refractivity contribution in [1.82, 2.24) is 9.13 Å². The van der Waals surface area contributed by atoms with Crippen LogP contribution in [0.3, 0.4) is 0 Å². The molecule has 50 heavy (non-hydrogen) atoms. The van der Waals surface area contributed by atoms with Gasteiger partial charge in [0.25, 0.3) is 0 Å². The Morgan fingerprint density at radius 2 is 0.980 bits per heavy atom. The lowest BCUT2D eigenvalue weighted by atomic mass is 9.92. The Morgan fingerprint density at radius 1 is 0.520 bits per heavy atom. The fraction of sp³-hybridized carbons (Fsp3) is 0.0976. The highest BCUT2D eigenvalue weighted by molar-refractivity contribution is 6.13. The Morgan fingerprint density at radius 3 is 1.44 bits per heavy atom. The molecule has 0 atom stereocenters. The van der Waals surface area contributed by atoms with Crippen molar-refractivity contribution in [2.45, 2.75) is 26.2 Å². The predicted molar refractivity (Wildman–Crippen MR) is 186 cm³/mol. The van der Waals surface area contributed by atoms with Crippen LogP contribution in [0.25, 0.3) is 71.0 Å². The highest BCUT2D eigenvalue weighted by Crippen LogP contribution is 2.51. The van der Waals surface area contributed by atoms with Crippen LogP contribution in [0.2, 0.25) is 0 Å². The van der Waals surface area contributed by atoms with Crippen molar-refractivity contribution < 1.29 is 26.3 Å². The molecule has 0 saturated carbocycles. The summed E-state index contributed by atoms with van der Waals surface area (Å²) in [6.07, 6.45) is -9.82. The van der Waals surface area contributed by atoms with E-state index >= 15 is 26.3 Å². The topological polar surface area (TPSA) is 14.2 Å². The molecule has 3 nitrogen and oxygen atoms in total. The molecule has 9 heteroatoms. The number of hydrogen-bond acceptors (Lipinski definition) is 0. The lowest BCUT2D eigenvalue weighted by Gasteiger charge is -2.25. The molecular weight excluding hydrogens is 648 g/mol. The minimum Gasteiger partial charge on any atom is -0.308 e. The Balaban J connectivity index is 1.71. The van der Waals surface area contributed by atoms with E-state index in [1.807, 2.05) is 74.5 Å². The molecule has 0 spiro atoms. The molecule has 2 aromatic heterocycles. The number of halogens is 6.